The number of rotatable bonds is 3. The lowest BCUT2D eigenvalue weighted by Gasteiger charge is -2.24. The lowest BCUT2D eigenvalue weighted by molar-refractivity contribution is 0.309. The minimum atomic E-state index is 0.668. The fraction of sp³-hybridized carbons (Fsp3) is 0.294. The minimum Gasteiger partial charge on any atom is -0.302 e. The lowest BCUT2D eigenvalue weighted by Crippen LogP contribution is -2.27. The van der Waals surface area contributed by atoms with E-state index in [1.807, 2.05) is 30.3 Å². The van der Waals surface area contributed by atoms with Crippen molar-refractivity contribution in [1.29, 1.82) is 5.26 Å². The first-order valence-corrected chi connectivity index (χ1v) is 8.51. The number of benzene rings is 1. The highest BCUT2D eigenvalue weighted by Gasteiger charge is 2.18. The van der Waals surface area contributed by atoms with Crippen LogP contribution in [0.1, 0.15) is 22.4 Å². The Labute approximate surface area is 139 Å². The molecular formula is C17H16ClN3S. The van der Waals surface area contributed by atoms with E-state index in [2.05, 4.69) is 18.0 Å². The van der Waals surface area contributed by atoms with Crippen molar-refractivity contribution in [3.8, 4) is 6.07 Å². The maximum absolute atomic E-state index is 9.39. The van der Waals surface area contributed by atoms with E-state index in [0.717, 1.165) is 46.6 Å². The van der Waals surface area contributed by atoms with Crippen molar-refractivity contribution in [1.82, 2.24) is 9.88 Å². The highest BCUT2D eigenvalue weighted by atomic mass is 35.5. The number of aromatic nitrogens is 1. The van der Waals surface area contributed by atoms with Crippen LogP contribution < -0.4 is 0 Å². The molecule has 5 heteroatoms. The first kappa shape index (κ1) is 15.4. The zero-order chi connectivity index (χ0) is 15.5. The maximum Gasteiger partial charge on any atom is 0.114 e. The number of fused-ring (bicyclic) bond motifs is 1. The summed E-state index contributed by atoms with van der Waals surface area (Å²) in [4.78, 5) is 6.99. The number of thioether (sulfide) groups is 1. The molecule has 2 aromatic rings. The molecule has 1 aliphatic heterocycles. The van der Waals surface area contributed by atoms with Crippen molar-refractivity contribution in [3.63, 3.8) is 0 Å². The summed E-state index contributed by atoms with van der Waals surface area (Å²) in [7, 11) is 2.09. The number of nitrogens with zero attached hydrogens (tertiary/aromatic N) is 3. The third-order valence-electron chi connectivity index (χ3n) is 3.71. The van der Waals surface area contributed by atoms with Crippen molar-refractivity contribution in [3.05, 3.63) is 57.7 Å². The van der Waals surface area contributed by atoms with E-state index in [0.29, 0.717) is 5.56 Å². The molecule has 0 radical (unpaired) electrons. The van der Waals surface area contributed by atoms with Crippen molar-refractivity contribution >= 4 is 23.4 Å². The third kappa shape index (κ3) is 3.44. The van der Waals surface area contributed by atoms with Gasteiger partial charge in [0.2, 0.25) is 0 Å². The second kappa shape index (κ2) is 6.70. The highest BCUT2D eigenvalue weighted by molar-refractivity contribution is 7.98. The zero-order valence-electron chi connectivity index (χ0n) is 12.3. The van der Waals surface area contributed by atoms with Crippen LogP contribution in [0.4, 0.5) is 0 Å². The van der Waals surface area contributed by atoms with Crippen LogP contribution in [0.5, 0.6) is 0 Å². The van der Waals surface area contributed by atoms with E-state index < -0.39 is 0 Å². The molecule has 0 spiro atoms. The van der Waals surface area contributed by atoms with E-state index in [4.69, 9.17) is 16.6 Å². The van der Waals surface area contributed by atoms with Gasteiger partial charge in [-0.05, 0) is 36.4 Å². The largest absolute Gasteiger partial charge is 0.302 e. The van der Waals surface area contributed by atoms with Gasteiger partial charge < -0.3 is 4.90 Å². The molecule has 3 nitrogen and oxygen atoms in total. The molecule has 0 unspecified atom stereocenters. The summed E-state index contributed by atoms with van der Waals surface area (Å²) < 4.78 is 0. The average Bonchev–Trinajstić information content (AvgIpc) is 2.52. The van der Waals surface area contributed by atoms with Crippen molar-refractivity contribution < 1.29 is 0 Å². The Bertz CT molecular complexity index is 739. The van der Waals surface area contributed by atoms with Crippen LogP contribution >= 0.6 is 23.4 Å². The van der Waals surface area contributed by atoms with Gasteiger partial charge in [0.15, 0.2) is 0 Å². The SMILES string of the molecule is CN1CCc2nc(SCc3cccc(Cl)c3)c(C#N)cc2C1. The average molecular weight is 330 g/mol. The molecule has 2 heterocycles. The topological polar surface area (TPSA) is 39.9 Å². The lowest BCUT2D eigenvalue weighted by atomic mass is 10.0. The van der Waals surface area contributed by atoms with E-state index >= 15 is 0 Å². The van der Waals surface area contributed by atoms with Gasteiger partial charge in [0.1, 0.15) is 11.1 Å². The van der Waals surface area contributed by atoms with E-state index in [1.54, 1.807) is 11.8 Å². The Morgan fingerprint density at radius 1 is 1.41 bits per heavy atom. The van der Waals surface area contributed by atoms with Gasteiger partial charge in [-0.3, -0.25) is 0 Å². The molecule has 0 aliphatic carbocycles. The number of hydrogen-bond donors (Lipinski definition) is 0. The first-order chi connectivity index (χ1) is 10.7. The molecule has 112 valence electrons. The van der Waals surface area contributed by atoms with Crippen molar-refractivity contribution in [2.24, 2.45) is 0 Å². The molecule has 0 amide bonds. The smallest absolute Gasteiger partial charge is 0.114 e. The molecule has 1 aromatic carbocycles. The maximum atomic E-state index is 9.39. The first-order valence-electron chi connectivity index (χ1n) is 7.14. The molecular weight excluding hydrogens is 314 g/mol. The Morgan fingerprint density at radius 3 is 3.05 bits per heavy atom. The number of pyridine rings is 1. The second-order valence-corrected chi connectivity index (χ2v) is 6.87. The zero-order valence-corrected chi connectivity index (χ0v) is 13.9. The Balaban J connectivity index is 1.83. The van der Waals surface area contributed by atoms with Crippen LogP contribution in [0.3, 0.4) is 0 Å². The molecule has 0 bridgehead atoms. The number of likely N-dealkylation sites (N-methyl/N-ethyl adjacent to an activating group) is 1. The predicted octanol–water partition coefficient (Wildman–Crippen LogP) is 3.89. The molecule has 0 saturated heterocycles. The second-order valence-electron chi connectivity index (χ2n) is 5.47. The van der Waals surface area contributed by atoms with E-state index in [9.17, 15) is 5.26 Å². The Hall–Kier alpha value is -1.54. The fourth-order valence-corrected chi connectivity index (χ4v) is 3.69. The van der Waals surface area contributed by atoms with Crippen LogP contribution in [0.25, 0.3) is 0 Å². The van der Waals surface area contributed by atoms with Crippen LogP contribution in [0, 0.1) is 11.3 Å². The van der Waals surface area contributed by atoms with Gasteiger partial charge in [0, 0.05) is 36.0 Å². The third-order valence-corrected chi connectivity index (χ3v) is 5.01. The Morgan fingerprint density at radius 2 is 2.27 bits per heavy atom. The van der Waals surface area contributed by atoms with E-state index in [-0.39, 0.29) is 0 Å². The van der Waals surface area contributed by atoms with E-state index in [1.165, 1.54) is 5.56 Å². The summed E-state index contributed by atoms with van der Waals surface area (Å²) in [6.45, 7) is 1.89. The summed E-state index contributed by atoms with van der Waals surface area (Å²) in [6, 6.07) is 12.1. The molecule has 22 heavy (non-hydrogen) atoms. The summed E-state index contributed by atoms with van der Waals surface area (Å²) >= 11 is 7.61. The summed E-state index contributed by atoms with van der Waals surface area (Å²) in [6.07, 6.45) is 0.947. The molecule has 1 aliphatic rings. The molecule has 0 atom stereocenters. The van der Waals surface area contributed by atoms with Gasteiger partial charge in [-0.25, -0.2) is 4.98 Å². The molecule has 0 saturated carbocycles. The fourth-order valence-electron chi connectivity index (χ4n) is 2.56. The molecule has 0 fully saturated rings. The van der Waals surface area contributed by atoms with Gasteiger partial charge in [-0.1, -0.05) is 23.7 Å². The predicted molar refractivity (Wildman–Crippen MR) is 90.0 cm³/mol. The van der Waals surface area contributed by atoms with Gasteiger partial charge >= 0.3 is 0 Å². The number of halogens is 1. The summed E-state index contributed by atoms with van der Waals surface area (Å²) in [5.41, 5.74) is 4.12. The molecule has 0 N–H and O–H groups in total. The normalized spacial score (nSPS) is 14.4. The molecule has 1 aromatic heterocycles. The van der Waals surface area contributed by atoms with Gasteiger partial charge in [-0.15, -0.1) is 11.8 Å². The standard InChI is InChI=1S/C17H16ClN3S/c1-21-6-5-16-14(10-21)8-13(9-19)17(20-16)22-11-12-3-2-4-15(18)7-12/h2-4,7-8H,5-6,10-11H2,1H3. The van der Waals surface area contributed by atoms with Gasteiger partial charge in [0.05, 0.1) is 5.56 Å². The monoisotopic (exact) mass is 329 g/mol. The minimum absolute atomic E-state index is 0.668. The van der Waals surface area contributed by atoms with Crippen LogP contribution in [0.2, 0.25) is 5.02 Å². The van der Waals surface area contributed by atoms with Crippen molar-refractivity contribution in [2.45, 2.75) is 23.7 Å². The van der Waals surface area contributed by atoms with Crippen LogP contribution in [0.15, 0.2) is 35.4 Å². The van der Waals surface area contributed by atoms with Crippen molar-refractivity contribution in [2.75, 3.05) is 13.6 Å². The Kier molecular flexibility index (Phi) is 4.68. The summed E-state index contributed by atoms with van der Waals surface area (Å²) in [5.74, 6) is 0.765. The molecule has 3 rings (SSSR count). The number of hydrogen-bond acceptors (Lipinski definition) is 4. The van der Waals surface area contributed by atoms with Crippen LogP contribution in [-0.4, -0.2) is 23.5 Å². The van der Waals surface area contributed by atoms with Gasteiger partial charge in [-0.2, -0.15) is 5.26 Å². The summed E-state index contributed by atoms with van der Waals surface area (Å²) in [5, 5.41) is 11.0. The highest BCUT2D eigenvalue weighted by Crippen LogP contribution is 2.28. The quantitative estimate of drug-likeness (QED) is 0.801. The van der Waals surface area contributed by atoms with Gasteiger partial charge in [0.25, 0.3) is 0 Å². The number of nitriles is 1. The van der Waals surface area contributed by atoms with Crippen LogP contribution in [-0.2, 0) is 18.7 Å².